The van der Waals surface area contributed by atoms with Crippen molar-refractivity contribution in [2.75, 3.05) is 11.5 Å². The molecular formula is C21H21NO4. The van der Waals surface area contributed by atoms with Gasteiger partial charge < -0.3 is 14.9 Å². The fraction of sp³-hybridized carbons (Fsp3) is 0.190. The number of ether oxygens (including phenoxy) is 1. The average Bonchev–Trinajstić information content (AvgIpc) is 2.64. The second-order valence-corrected chi connectivity index (χ2v) is 4.72. The maximum Gasteiger partial charge on any atom is 0.418 e. The zero-order chi connectivity index (χ0) is 19.2. The summed E-state index contributed by atoms with van der Waals surface area (Å²) < 4.78 is 5.10. The van der Waals surface area contributed by atoms with E-state index in [-0.39, 0.29) is 6.09 Å². The molecule has 0 aliphatic heterocycles. The van der Waals surface area contributed by atoms with Crippen molar-refractivity contribution in [3.05, 3.63) is 60.7 Å². The molecule has 5 heteroatoms. The van der Waals surface area contributed by atoms with Crippen molar-refractivity contribution >= 4 is 17.5 Å². The first-order valence-corrected chi connectivity index (χ1v) is 7.95. The Bertz CT molecular complexity index is 741. The number of aliphatic hydroxyl groups excluding tert-OH is 1. The van der Waals surface area contributed by atoms with Crippen molar-refractivity contribution in [2.24, 2.45) is 0 Å². The van der Waals surface area contributed by atoms with Gasteiger partial charge in [-0.2, -0.15) is 0 Å². The highest BCUT2D eigenvalue weighted by Gasteiger charge is 2.18. The molecule has 0 unspecified atom stereocenters. The van der Waals surface area contributed by atoms with Crippen molar-refractivity contribution in [1.82, 2.24) is 0 Å². The average molecular weight is 351 g/mol. The van der Waals surface area contributed by atoms with E-state index < -0.39 is 6.29 Å². The third kappa shape index (κ3) is 7.55. The van der Waals surface area contributed by atoms with Gasteiger partial charge in [0.2, 0.25) is 6.29 Å². The standard InChI is InChI=1S/C15H15NO2.C6H6O2/c1-2-18-15(17)16(13-9-5-3-6-10-13)14-11-7-4-8-12-14;1-2-3-4-5-6(7)8/h3-12H,2H2,1H3;6-8H,1H3. The molecule has 0 bridgehead atoms. The molecule has 0 saturated heterocycles. The molecule has 2 aromatic rings. The lowest BCUT2D eigenvalue weighted by Gasteiger charge is -2.21. The highest BCUT2D eigenvalue weighted by Crippen LogP contribution is 2.25. The summed E-state index contributed by atoms with van der Waals surface area (Å²) in [5, 5.41) is 16.2. The van der Waals surface area contributed by atoms with E-state index >= 15 is 0 Å². The van der Waals surface area contributed by atoms with E-state index in [1.165, 1.54) is 0 Å². The lowest BCUT2D eigenvalue weighted by Crippen LogP contribution is -2.26. The van der Waals surface area contributed by atoms with Gasteiger partial charge in [-0.25, -0.2) is 9.69 Å². The third-order valence-electron chi connectivity index (χ3n) is 2.87. The van der Waals surface area contributed by atoms with E-state index in [1.807, 2.05) is 66.6 Å². The molecule has 0 spiro atoms. The first-order chi connectivity index (χ1) is 12.6. The summed E-state index contributed by atoms with van der Waals surface area (Å²) in [5.74, 6) is 9.08. The molecule has 0 aliphatic rings. The maximum absolute atomic E-state index is 12.0. The van der Waals surface area contributed by atoms with Crippen LogP contribution in [0.5, 0.6) is 0 Å². The Labute approximate surface area is 153 Å². The van der Waals surface area contributed by atoms with Crippen LogP contribution in [-0.4, -0.2) is 29.2 Å². The minimum Gasteiger partial charge on any atom is -0.449 e. The predicted molar refractivity (Wildman–Crippen MR) is 101 cm³/mol. The Morgan fingerprint density at radius 3 is 1.88 bits per heavy atom. The third-order valence-corrected chi connectivity index (χ3v) is 2.87. The fourth-order valence-corrected chi connectivity index (χ4v) is 1.87. The number of carbonyl (C=O) groups is 1. The first kappa shape index (κ1) is 20.8. The van der Waals surface area contributed by atoms with Crippen molar-refractivity contribution in [3.8, 4) is 23.7 Å². The number of rotatable bonds is 3. The second kappa shape index (κ2) is 12.2. The summed E-state index contributed by atoms with van der Waals surface area (Å²) in [6.45, 7) is 3.78. The smallest absolute Gasteiger partial charge is 0.418 e. The van der Waals surface area contributed by atoms with Crippen LogP contribution in [0.2, 0.25) is 0 Å². The molecule has 2 N–H and O–H groups in total. The largest absolute Gasteiger partial charge is 0.449 e. The van der Waals surface area contributed by atoms with Crippen molar-refractivity contribution in [3.63, 3.8) is 0 Å². The van der Waals surface area contributed by atoms with E-state index in [0.717, 1.165) is 11.4 Å². The fourth-order valence-electron chi connectivity index (χ4n) is 1.87. The normalized spacial score (nSPS) is 8.81. The van der Waals surface area contributed by atoms with Gasteiger partial charge in [-0.3, -0.25) is 0 Å². The number of para-hydroxylation sites is 2. The number of benzene rings is 2. The number of aliphatic hydroxyl groups is 2. The molecule has 134 valence electrons. The van der Waals surface area contributed by atoms with Crippen LogP contribution >= 0.6 is 0 Å². The summed E-state index contributed by atoms with van der Waals surface area (Å²) in [6.07, 6.45) is -1.93. The van der Waals surface area contributed by atoms with Gasteiger partial charge in [0.1, 0.15) is 0 Å². The Kier molecular flexibility index (Phi) is 9.73. The van der Waals surface area contributed by atoms with Crippen molar-refractivity contribution < 1.29 is 19.7 Å². The number of hydrogen-bond donors (Lipinski definition) is 2. The number of anilines is 2. The maximum atomic E-state index is 12.0. The van der Waals surface area contributed by atoms with Crippen LogP contribution in [0.4, 0.5) is 16.2 Å². The zero-order valence-electron chi connectivity index (χ0n) is 14.7. The van der Waals surface area contributed by atoms with Gasteiger partial charge in [-0.15, -0.1) is 0 Å². The number of carbonyl (C=O) groups excluding carboxylic acids is 1. The SMILES string of the molecule is CC#CC#CC(O)O.CCOC(=O)N(c1ccccc1)c1ccccc1. The minimum atomic E-state index is -1.56. The molecule has 2 aromatic carbocycles. The van der Waals surface area contributed by atoms with Crippen LogP contribution in [0.1, 0.15) is 13.8 Å². The Balaban J connectivity index is 0.000000359. The summed E-state index contributed by atoms with van der Waals surface area (Å²) in [5.41, 5.74) is 1.59. The molecule has 2 rings (SSSR count). The predicted octanol–water partition coefficient (Wildman–Crippen LogP) is 3.31. The van der Waals surface area contributed by atoms with Crippen LogP contribution in [0.25, 0.3) is 0 Å². The Morgan fingerprint density at radius 2 is 1.50 bits per heavy atom. The number of hydrogen-bond acceptors (Lipinski definition) is 4. The molecule has 26 heavy (non-hydrogen) atoms. The van der Waals surface area contributed by atoms with Crippen molar-refractivity contribution in [1.29, 1.82) is 0 Å². The lowest BCUT2D eigenvalue weighted by atomic mass is 10.2. The van der Waals surface area contributed by atoms with Gasteiger partial charge in [-0.05, 0) is 55.9 Å². The lowest BCUT2D eigenvalue weighted by molar-refractivity contribution is 0.0108. The zero-order valence-corrected chi connectivity index (χ0v) is 14.7. The van der Waals surface area contributed by atoms with Gasteiger partial charge in [0, 0.05) is 0 Å². The molecular weight excluding hydrogens is 330 g/mol. The topological polar surface area (TPSA) is 70.0 Å². The first-order valence-electron chi connectivity index (χ1n) is 7.95. The molecule has 0 saturated carbocycles. The minimum absolute atomic E-state index is 0.356. The molecule has 0 atom stereocenters. The van der Waals surface area contributed by atoms with E-state index in [2.05, 4.69) is 17.8 Å². The highest BCUT2D eigenvalue weighted by atomic mass is 16.6. The van der Waals surface area contributed by atoms with E-state index in [0.29, 0.717) is 6.61 Å². The van der Waals surface area contributed by atoms with Gasteiger partial charge in [0.15, 0.2) is 0 Å². The molecule has 0 fully saturated rings. The summed E-state index contributed by atoms with van der Waals surface area (Å²) in [6, 6.07) is 18.9. The Hall–Kier alpha value is -3.25. The molecule has 1 amide bonds. The molecule has 0 radical (unpaired) electrons. The van der Waals surface area contributed by atoms with Gasteiger partial charge >= 0.3 is 6.09 Å². The van der Waals surface area contributed by atoms with Gasteiger partial charge in [0.25, 0.3) is 0 Å². The van der Waals surface area contributed by atoms with E-state index in [1.54, 1.807) is 18.7 Å². The van der Waals surface area contributed by atoms with Crippen LogP contribution in [-0.2, 0) is 4.74 Å². The number of amides is 1. The van der Waals surface area contributed by atoms with Crippen LogP contribution in [0.3, 0.4) is 0 Å². The molecule has 5 nitrogen and oxygen atoms in total. The van der Waals surface area contributed by atoms with E-state index in [9.17, 15) is 4.79 Å². The summed E-state index contributed by atoms with van der Waals surface area (Å²) in [7, 11) is 0. The summed E-state index contributed by atoms with van der Waals surface area (Å²) >= 11 is 0. The van der Waals surface area contributed by atoms with Crippen LogP contribution < -0.4 is 4.90 Å². The van der Waals surface area contributed by atoms with Crippen molar-refractivity contribution in [2.45, 2.75) is 20.1 Å². The monoisotopic (exact) mass is 351 g/mol. The molecule has 0 aromatic heterocycles. The van der Waals surface area contributed by atoms with Crippen LogP contribution in [0, 0.1) is 23.7 Å². The van der Waals surface area contributed by atoms with Gasteiger partial charge in [-0.1, -0.05) is 42.3 Å². The highest BCUT2D eigenvalue weighted by molar-refractivity contribution is 5.95. The quantitative estimate of drug-likeness (QED) is 0.657. The molecule has 0 heterocycles. The Morgan fingerprint density at radius 1 is 1.00 bits per heavy atom. The van der Waals surface area contributed by atoms with Crippen LogP contribution in [0.15, 0.2) is 60.7 Å². The molecule has 0 aliphatic carbocycles. The van der Waals surface area contributed by atoms with Gasteiger partial charge in [0.05, 0.1) is 18.0 Å². The number of nitrogens with zero attached hydrogens (tertiary/aromatic N) is 1. The van der Waals surface area contributed by atoms with E-state index in [4.69, 9.17) is 14.9 Å². The summed E-state index contributed by atoms with van der Waals surface area (Å²) in [4.78, 5) is 13.6. The second-order valence-electron chi connectivity index (χ2n) is 4.72.